The molecule has 7 aromatic rings. The molecule has 0 aliphatic heterocycles. The number of halogens is 24. The van der Waals surface area contributed by atoms with Crippen molar-refractivity contribution < 1.29 is 110 Å². The molecule has 6 aromatic carbocycles. The van der Waals surface area contributed by atoms with Crippen molar-refractivity contribution >= 4 is 38.9 Å². The van der Waals surface area contributed by atoms with Crippen LogP contribution in [0.5, 0.6) is 0 Å². The molecule has 0 N–H and O–H groups in total. The zero-order valence-electron chi connectivity index (χ0n) is 37.0. The zero-order valence-corrected chi connectivity index (χ0v) is 37.0. The number of pyridine rings is 1. The largest absolute Gasteiger partial charge is 0.416 e. The highest BCUT2D eigenvalue weighted by molar-refractivity contribution is 7.20. The Bertz CT molecular complexity index is 2860. The predicted molar refractivity (Wildman–Crippen MR) is 224 cm³/mol. The normalized spacial score (nSPS) is 13.3. The summed E-state index contributed by atoms with van der Waals surface area (Å²) < 4.78 is 343. The van der Waals surface area contributed by atoms with E-state index in [4.69, 9.17) is 5.26 Å². The molecule has 402 valence electrons. The van der Waals surface area contributed by atoms with Crippen molar-refractivity contribution in [1.29, 1.82) is 5.26 Å². The molecule has 0 fully saturated rings. The first-order valence-corrected chi connectivity index (χ1v) is 20.8. The van der Waals surface area contributed by atoms with Gasteiger partial charge in [0.1, 0.15) is 17.8 Å². The average molecular weight is 1110 g/mol. The molecule has 2 nitrogen and oxygen atoms in total. The highest BCUT2D eigenvalue weighted by Crippen LogP contribution is 2.41. The Labute approximate surface area is 411 Å². The lowest BCUT2D eigenvalue weighted by molar-refractivity contribution is -0.662. The number of hydrogen-bond acceptors (Lipinski definition) is 1. The Balaban J connectivity index is 0.000000408. The predicted octanol–water partition coefficient (Wildman–Crippen LogP) is 14.3. The van der Waals surface area contributed by atoms with Crippen molar-refractivity contribution in [2.24, 2.45) is 0 Å². The highest BCUT2D eigenvalue weighted by atomic mass is 19.4. The first-order valence-electron chi connectivity index (χ1n) is 20.8. The van der Waals surface area contributed by atoms with E-state index < -0.39 is 195 Å². The molecule has 0 radical (unpaired) electrons. The van der Waals surface area contributed by atoms with Gasteiger partial charge >= 0.3 is 49.4 Å². The quantitative estimate of drug-likeness (QED) is 0.0926. The Morgan fingerprint density at radius 3 is 0.868 bits per heavy atom. The van der Waals surface area contributed by atoms with Crippen molar-refractivity contribution in [3.63, 3.8) is 0 Å². The van der Waals surface area contributed by atoms with Gasteiger partial charge in [0, 0.05) is 17.0 Å². The van der Waals surface area contributed by atoms with E-state index in [1.54, 1.807) is 0 Å². The van der Waals surface area contributed by atoms with Crippen LogP contribution in [-0.2, 0) is 56.0 Å². The summed E-state index contributed by atoms with van der Waals surface area (Å²) >= 11 is 0. The monoisotopic (exact) mass is 1110 g/mol. The first kappa shape index (κ1) is 57.9. The molecule has 1 heterocycles. The second kappa shape index (κ2) is 20.0. The molecule has 7 rings (SSSR count). The molecule has 27 heteroatoms. The van der Waals surface area contributed by atoms with Gasteiger partial charge in [0.25, 0.3) is 0 Å². The molecule has 0 aliphatic rings. The van der Waals surface area contributed by atoms with E-state index in [2.05, 4.69) is 28.8 Å². The molecular weight excluding hydrogens is 1080 g/mol. The van der Waals surface area contributed by atoms with Crippen molar-refractivity contribution in [2.75, 3.05) is 0 Å². The summed E-state index contributed by atoms with van der Waals surface area (Å²) in [5.74, 6) is 0. The topological polar surface area (TPSA) is 27.7 Å². The molecule has 0 unspecified atom stereocenters. The Hall–Kier alpha value is -7.40. The molecule has 0 saturated carbocycles. The fourth-order valence-electron chi connectivity index (χ4n) is 8.36. The number of para-hydroxylation sites is 1. The molecule has 0 amide bonds. The smallest absolute Gasteiger partial charge is 0.194 e. The van der Waals surface area contributed by atoms with Crippen LogP contribution in [0.1, 0.15) is 55.6 Å². The minimum Gasteiger partial charge on any atom is -0.194 e. The fraction of sp³-hybridized carbons (Fsp3) is 0.184. The molecule has 76 heavy (non-hydrogen) atoms. The van der Waals surface area contributed by atoms with Crippen LogP contribution in [0.3, 0.4) is 0 Å². The van der Waals surface area contributed by atoms with Gasteiger partial charge in [-0.15, -0.1) is 0 Å². The lowest BCUT2D eigenvalue weighted by Crippen LogP contribution is -2.75. The number of alkyl halides is 24. The molecule has 0 bridgehead atoms. The standard InChI is InChI=1S/C32H12BF24.C17H13N2/c34-25(35,36)13-1-14(26(37,38)39)6-21(5-13)33(22-7-15(27(40,41)42)2-16(8-22)28(43,44)45,23-9-17(29(46,47)48)3-18(10-23)30(49,50)51)24-11-19(31(52,53)54)4-20(12-24)32(55,56)57;18-11-15-10-16-8-4-5-9-17(16)19(13-15)12-14-6-2-1-3-7-14/h1-12H;1-10,13H,12H2/q-1;+1. The maximum atomic E-state index is 14.2. The second-order valence-electron chi connectivity index (χ2n) is 16.7. The third-order valence-electron chi connectivity index (χ3n) is 11.6. The Kier molecular flexibility index (Phi) is 15.2. The van der Waals surface area contributed by atoms with Crippen LogP contribution in [0.25, 0.3) is 10.9 Å². The minimum absolute atomic E-state index is 0.689. The van der Waals surface area contributed by atoms with E-state index in [1.807, 2.05) is 48.7 Å². The molecule has 0 atom stereocenters. The second-order valence-corrected chi connectivity index (χ2v) is 16.7. The number of hydrogen-bond donors (Lipinski definition) is 0. The third-order valence-corrected chi connectivity index (χ3v) is 11.6. The van der Waals surface area contributed by atoms with Gasteiger partial charge in [0.2, 0.25) is 5.52 Å². The van der Waals surface area contributed by atoms with Crippen LogP contribution >= 0.6 is 0 Å². The number of benzene rings is 6. The maximum Gasteiger partial charge on any atom is 0.416 e. The van der Waals surface area contributed by atoms with E-state index in [9.17, 15) is 105 Å². The van der Waals surface area contributed by atoms with Crippen LogP contribution < -0.4 is 26.4 Å². The zero-order chi connectivity index (χ0) is 57.0. The summed E-state index contributed by atoms with van der Waals surface area (Å²) in [5.41, 5.74) is -27.1. The van der Waals surface area contributed by atoms with Crippen LogP contribution in [-0.4, -0.2) is 6.15 Å². The SMILES string of the molecule is FC(F)(F)c1cc([B-](c2cc(C(F)(F)F)cc(C(F)(F)F)c2)(c2cc(C(F)(F)F)cc(C(F)(F)F)c2)c2cc(C(F)(F)F)cc(C(F)(F)F)c2)cc(C(F)(F)F)c1.N#Cc1cc2ccccc2[n+](Cc2ccccc2)c1. The van der Waals surface area contributed by atoms with Gasteiger partial charge < -0.3 is 0 Å². The fourth-order valence-corrected chi connectivity index (χ4v) is 8.36. The van der Waals surface area contributed by atoms with Crippen LogP contribution in [0.2, 0.25) is 0 Å². The van der Waals surface area contributed by atoms with Crippen molar-refractivity contribution in [3.05, 3.63) is 195 Å². The summed E-state index contributed by atoms with van der Waals surface area (Å²) in [6.07, 6.45) is -52.9. The lowest BCUT2D eigenvalue weighted by atomic mass is 9.12. The van der Waals surface area contributed by atoms with Gasteiger partial charge in [0.15, 0.2) is 12.7 Å². The minimum atomic E-state index is -6.13. The first-order chi connectivity index (χ1) is 34.6. The number of nitrogens with zero attached hydrogens (tertiary/aromatic N) is 2. The van der Waals surface area contributed by atoms with Crippen molar-refractivity contribution in [2.45, 2.75) is 56.0 Å². The summed E-state index contributed by atoms with van der Waals surface area (Å²) in [5, 5.41) is 10.2. The van der Waals surface area contributed by atoms with E-state index in [0.29, 0.717) is 5.56 Å². The van der Waals surface area contributed by atoms with Gasteiger partial charge in [-0.3, -0.25) is 0 Å². The summed E-state index contributed by atoms with van der Waals surface area (Å²) in [4.78, 5) is 0. The van der Waals surface area contributed by atoms with Crippen LogP contribution in [0, 0.1) is 11.3 Å². The highest BCUT2D eigenvalue weighted by Gasteiger charge is 2.47. The van der Waals surface area contributed by atoms with E-state index in [0.717, 1.165) is 17.4 Å². The van der Waals surface area contributed by atoms with E-state index in [1.165, 1.54) is 5.56 Å². The third kappa shape index (κ3) is 12.8. The summed E-state index contributed by atoms with van der Waals surface area (Å²) in [7, 11) is 0. The van der Waals surface area contributed by atoms with Crippen LogP contribution in [0.4, 0.5) is 105 Å². The van der Waals surface area contributed by atoms with Gasteiger partial charge in [-0.25, -0.2) is 0 Å². The Morgan fingerprint density at radius 2 is 0.605 bits per heavy atom. The molecular formula is C49H25BF24N2. The van der Waals surface area contributed by atoms with Gasteiger partial charge in [0.05, 0.1) is 44.5 Å². The maximum absolute atomic E-state index is 14.2. The van der Waals surface area contributed by atoms with E-state index in [-0.39, 0.29) is 0 Å². The van der Waals surface area contributed by atoms with Crippen LogP contribution in [0.15, 0.2) is 140 Å². The summed E-state index contributed by atoms with van der Waals surface area (Å²) in [6, 6.07) is 13.8. The molecule has 1 aromatic heterocycles. The lowest BCUT2D eigenvalue weighted by Gasteiger charge is -2.46. The molecule has 0 spiro atoms. The van der Waals surface area contributed by atoms with Crippen molar-refractivity contribution in [3.8, 4) is 6.07 Å². The number of rotatable bonds is 6. The average Bonchev–Trinajstić information content (AvgIpc) is 3.29. The van der Waals surface area contributed by atoms with E-state index >= 15 is 0 Å². The van der Waals surface area contributed by atoms with Crippen molar-refractivity contribution in [1.82, 2.24) is 0 Å². The number of nitriles is 1. The van der Waals surface area contributed by atoms with Gasteiger partial charge in [-0.1, -0.05) is 91.0 Å². The molecule has 0 saturated heterocycles. The van der Waals surface area contributed by atoms with Gasteiger partial charge in [-0.2, -0.15) is 137 Å². The Morgan fingerprint density at radius 1 is 0.342 bits per heavy atom. The number of fused-ring (bicyclic) bond motifs is 1. The molecule has 0 aliphatic carbocycles. The van der Waals surface area contributed by atoms with Gasteiger partial charge in [-0.05, 0) is 36.4 Å². The summed E-state index contributed by atoms with van der Waals surface area (Å²) in [6.45, 7) is 0.775. The number of aromatic nitrogens is 1.